The topological polar surface area (TPSA) is 21.1 Å². The van der Waals surface area contributed by atoms with E-state index in [1.54, 1.807) is 0 Å². The lowest BCUT2D eigenvalue weighted by Crippen LogP contribution is -2.44. The summed E-state index contributed by atoms with van der Waals surface area (Å²) in [5.74, 6) is 1.25. The minimum absolute atomic E-state index is 0.866. The summed E-state index contributed by atoms with van der Waals surface area (Å²) in [6.45, 7) is 3.41. The van der Waals surface area contributed by atoms with Gasteiger partial charge < -0.3 is 4.57 Å². The third-order valence-electron chi connectivity index (χ3n) is 3.37. The maximum atomic E-state index is 4.37. The van der Waals surface area contributed by atoms with Crippen molar-refractivity contribution in [2.75, 3.05) is 6.54 Å². The zero-order valence-electron chi connectivity index (χ0n) is 7.82. The monoisotopic (exact) mass is 177 g/mol. The number of fused-ring (bicyclic) bond motifs is 1. The lowest BCUT2D eigenvalue weighted by Gasteiger charge is -2.39. The first-order valence-corrected chi connectivity index (χ1v) is 5.17. The van der Waals surface area contributed by atoms with Crippen molar-refractivity contribution in [2.45, 2.75) is 38.4 Å². The summed E-state index contributed by atoms with van der Waals surface area (Å²) in [6, 6.07) is 0.866. The van der Waals surface area contributed by atoms with Crippen LogP contribution in [-0.4, -0.2) is 27.0 Å². The lowest BCUT2D eigenvalue weighted by molar-refractivity contribution is 0.0957. The zero-order chi connectivity index (χ0) is 8.67. The summed E-state index contributed by atoms with van der Waals surface area (Å²) in [4.78, 5) is 6.96. The molecule has 3 heteroatoms. The normalized spacial score (nSPS) is 24.0. The highest BCUT2D eigenvalue weighted by Gasteiger charge is 2.27. The first-order chi connectivity index (χ1) is 6.43. The molecule has 0 atom stereocenters. The maximum Gasteiger partial charge on any atom is 0.122 e. The van der Waals surface area contributed by atoms with Gasteiger partial charge in [0, 0.05) is 31.5 Å². The van der Waals surface area contributed by atoms with Crippen LogP contribution in [0.25, 0.3) is 0 Å². The molecule has 0 N–H and O–H groups in total. The second kappa shape index (κ2) is 2.84. The van der Waals surface area contributed by atoms with Crippen molar-refractivity contribution in [3.63, 3.8) is 0 Å². The number of hydrogen-bond acceptors (Lipinski definition) is 2. The van der Waals surface area contributed by atoms with Gasteiger partial charge in [-0.05, 0) is 12.8 Å². The fourth-order valence-corrected chi connectivity index (χ4v) is 2.26. The predicted octanol–water partition coefficient (Wildman–Crippen LogP) is 1.25. The van der Waals surface area contributed by atoms with Gasteiger partial charge in [-0.1, -0.05) is 6.42 Å². The molecule has 0 bridgehead atoms. The Balaban J connectivity index is 1.76. The quantitative estimate of drug-likeness (QED) is 0.643. The largest absolute Gasteiger partial charge is 0.333 e. The summed E-state index contributed by atoms with van der Waals surface area (Å²) in [5.41, 5.74) is 0. The molecule has 1 aromatic rings. The van der Waals surface area contributed by atoms with Gasteiger partial charge in [0.1, 0.15) is 5.82 Å². The highest BCUT2D eigenvalue weighted by Crippen LogP contribution is 2.27. The SMILES string of the molecule is c1cn2c(n1)CN(C1CCC1)CC2. The fraction of sp³-hybridized carbons (Fsp3) is 0.700. The summed E-state index contributed by atoms with van der Waals surface area (Å²) >= 11 is 0. The average molecular weight is 177 g/mol. The molecule has 1 aromatic heterocycles. The Morgan fingerprint density at radius 2 is 2.23 bits per heavy atom. The highest BCUT2D eigenvalue weighted by atomic mass is 15.3. The van der Waals surface area contributed by atoms with E-state index in [0.29, 0.717) is 0 Å². The minimum Gasteiger partial charge on any atom is -0.333 e. The van der Waals surface area contributed by atoms with Gasteiger partial charge in [0.15, 0.2) is 0 Å². The van der Waals surface area contributed by atoms with Crippen molar-refractivity contribution in [2.24, 2.45) is 0 Å². The molecule has 3 rings (SSSR count). The molecule has 0 radical (unpaired) electrons. The number of nitrogens with zero attached hydrogens (tertiary/aromatic N) is 3. The van der Waals surface area contributed by atoms with E-state index < -0.39 is 0 Å². The molecule has 70 valence electrons. The van der Waals surface area contributed by atoms with Gasteiger partial charge in [-0.25, -0.2) is 4.98 Å². The third-order valence-corrected chi connectivity index (χ3v) is 3.37. The van der Waals surface area contributed by atoms with E-state index in [9.17, 15) is 0 Å². The first-order valence-electron chi connectivity index (χ1n) is 5.17. The maximum absolute atomic E-state index is 4.37. The molecular weight excluding hydrogens is 162 g/mol. The molecule has 2 aliphatic rings. The van der Waals surface area contributed by atoms with Crippen molar-refractivity contribution < 1.29 is 0 Å². The lowest BCUT2D eigenvalue weighted by atomic mass is 9.91. The van der Waals surface area contributed by atoms with Crippen LogP contribution in [0.5, 0.6) is 0 Å². The van der Waals surface area contributed by atoms with Gasteiger partial charge in [0.25, 0.3) is 0 Å². The van der Waals surface area contributed by atoms with Gasteiger partial charge in [0.2, 0.25) is 0 Å². The van der Waals surface area contributed by atoms with E-state index in [0.717, 1.165) is 19.1 Å². The van der Waals surface area contributed by atoms with Gasteiger partial charge in [-0.15, -0.1) is 0 Å². The van der Waals surface area contributed by atoms with Crippen molar-refractivity contribution in [1.82, 2.24) is 14.5 Å². The van der Waals surface area contributed by atoms with E-state index in [4.69, 9.17) is 0 Å². The van der Waals surface area contributed by atoms with Crippen LogP contribution in [0.3, 0.4) is 0 Å². The summed E-state index contributed by atoms with van der Waals surface area (Å²) in [7, 11) is 0. The molecule has 3 nitrogen and oxygen atoms in total. The van der Waals surface area contributed by atoms with Crippen molar-refractivity contribution in [1.29, 1.82) is 0 Å². The minimum atomic E-state index is 0.866. The van der Waals surface area contributed by atoms with Crippen LogP contribution in [0.4, 0.5) is 0 Å². The molecule has 1 aliphatic carbocycles. The number of rotatable bonds is 1. The van der Waals surface area contributed by atoms with Crippen LogP contribution in [-0.2, 0) is 13.1 Å². The Labute approximate surface area is 78.4 Å². The first kappa shape index (κ1) is 7.56. The molecule has 0 aromatic carbocycles. The van der Waals surface area contributed by atoms with E-state index in [2.05, 4.69) is 20.6 Å². The van der Waals surface area contributed by atoms with Crippen LogP contribution in [0, 0.1) is 0 Å². The van der Waals surface area contributed by atoms with E-state index in [-0.39, 0.29) is 0 Å². The van der Waals surface area contributed by atoms with Gasteiger partial charge in [-0.2, -0.15) is 0 Å². The van der Waals surface area contributed by atoms with E-state index in [1.807, 2.05) is 6.20 Å². The number of aromatic nitrogens is 2. The Hall–Kier alpha value is -0.830. The smallest absolute Gasteiger partial charge is 0.122 e. The molecule has 1 aliphatic heterocycles. The predicted molar refractivity (Wildman–Crippen MR) is 50.3 cm³/mol. The average Bonchev–Trinajstić information content (AvgIpc) is 2.47. The molecular formula is C10H15N3. The van der Waals surface area contributed by atoms with Gasteiger partial charge in [-0.3, -0.25) is 4.90 Å². The molecule has 0 spiro atoms. The molecule has 13 heavy (non-hydrogen) atoms. The Morgan fingerprint density at radius 3 is 3.00 bits per heavy atom. The number of imidazole rings is 1. The van der Waals surface area contributed by atoms with Crippen molar-refractivity contribution in [3.05, 3.63) is 18.2 Å². The zero-order valence-corrected chi connectivity index (χ0v) is 7.82. The molecule has 0 saturated heterocycles. The second-order valence-electron chi connectivity index (χ2n) is 4.09. The fourth-order valence-electron chi connectivity index (χ4n) is 2.26. The van der Waals surface area contributed by atoms with Crippen LogP contribution < -0.4 is 0 Å². The van der Waals surface area contributed by atoms with Gasteiger partial charge in [0.05, 0.1) is 6.54 Å². The van der Waals surface area contributed by atoms with Crippen molar-refractivity contribution >= 4 is 0 Å². The van der Waals surface area contributed by atoms with Crippen molar-refractivity contribution in [3.8, 4) is 0 Å². The highest BCUT2D eigenvalue weighted by molar-refractivity contribution is 4.97. The standard InChI is InChI=1S/C10H15N3/c1-2-9(3-1)13-7-6-12-5-4-11-10(12)8-13/h4-5,9H,1-3,6-8H2. The number of hydrogen-bond donors (Lipinski definition) is 0. The molecule has 1 fully saturated rings. The molecule has 1 saturated carbocycles. The molecule has 0 unspecified atom stereocenters. The summed E-state index contributed by atoms with van der Waals surface area (Å²) < 4.78 is 2.27. The van der Waals surface area contributed by atoms with Crippen LogP contribution in [0.1, 0.15) is 25.1 Å². The second-order valence-corrected chi connectivity index (χ2v) is 4.09. The van der Waals surface area contributed by atoms with Crippen LogP contribution in [0.15, 0.2) is 12.4 Å². The summed E-state index contributed by atoms with van der Waals surface area (Å²) in [6.07, 6.45) is 8.24. The summed E-state index contributed by atoms with van der Waals surface area (Å²) in [5, 5.41) is 0. The Morgan fingerprint density at radius 1 is 1.31 bits per heavy atom. The Kier molecular flexibility index (Phi) is 1.65. The molecule has 2 heterocycles. The van der Waals surface area contributed by atoms with E-state index in [1.165, 1.54) is 31.6 Å². The Bertz CT molecular complexity index is 301. The van der Waals surface area contributed by atoms with E-state index >= 15 is 0 Å². The van der Waals surface area contributed by atoms with Crippen LogP contribution in [0.2, 0.25) is 0 Å². The van der Waals surface area contributed by atoms with Crippen LogP contribution >= 0.6 is 0 Å². The molecule has 0 amide bonds. The van der Waals surface area contributed by atoms with Gasteiger partial charge >= 0.3 is 0 Å². The third kappa shape index (κ3) is 1.18.